The lowest BCUT2D eigenvalue weighted by molar-refractivity contribution is 0.631. The van der Waals surface area contributed by atoms with Crippen molar-refractivity contribution in [3.8, 4) is 67.0 Å². The Morgan fingerprint density at radius 3 is 1.44 bits per heavy atom. The number of fused-ring (bicyclic) bond motifs is 3. The first kappa shape index (κ1) is 38.9. The second kappa shape index (κ2) is 16.8. The Morgan fingerprint density at radius 1 is 0.242 bits per heavy atom. The minimum atomic E-state index is 0.874. The van der Waals surface area contributed by atoms with Crippen LogP contribution in [0.2, 0.25) is 0 Å². The molecule has 0 bridgehead atoms. The maximum absolute atomic E-state index is 6.24. The van der Waals surface area contributed by atoms with Gasteiger partial charge >= 0.3 is 0 Å². The number of para-hydroxylation sites is 1. The quantitative estimate of drug-likeness (QED) is 0.144. The van der Waals surface area contributed by atoms with Crippen molar-refractivity contribution < 1.29 is 4.42 Å². The summed E-state index contributed by atoms with van der Waals surface area (Å²) in [5.41, 5.74) is 17.2. The topological polar surface area (TPSA) is 16.4 Å². The Balaban J connectivity index is 0.921. The van der Waals surface area contributed by atoms with Crippen LogP contribution < -0.4 is 4.90 Å². The number of rotatable bonds is 9. The number of hydrogen-bond acceptors (Lipinski definition) is 2. The van der Waals surface area contributed by atoms with Crippen molar-refractivity contribution in [1.29, 1.82) is 0 Å². The smallest absolute Gasteiger partial charge is 0.135 e. The van der Waals surface area contributed by atoms with Gasteiger partial charge in [-0.1, -0.05) is 200 Å². The summed E-state index contributed by atoms with van der Waals surface area (Å²) in [7, 11) is 0. The number of anilines is 3. The van der Waals surface area contributed by atoms with Gasteiger partial charge < -0.3 is 9.32 Å². The van der Waals surface area contributed by atoms with Crippen molar-refractivity contribution in [2.75, 3.05) is 4.90 Å². The van der Waals surface area contributed by atoms with Crippen LogP contribution in [0.1, 0.15) is 0 Å². The number of furan rings is 1. The molecule has 0 spiro atoms. The van der Waals surface area contributed by atoms with E-state index >= 15 is 0 Å². The van der Waals surface area contributed by atoms with Crippen LogP contribution in [0.4, 0.5) is 17.1 Å². The molecule has 0 fully saturated rings. The van der Waals surface area contributed by atoms with Gasteiger partial charge in [-0.3, -0.25) is 0 Å². The van der Waals surface area contributed by atoms with E-state index in [1.807, 2.05) is 18.2 Å². The molecule has 310 valence electrons. The zero-order chi connectivity index (χ0) is 43.8. The summed E-state index contributed by atoms with van der Waals surface area (Å²) >= 11 is 0. The fraction of sp³-hybridized carbons (Fsp3) is 0. The molecule has 0 aliphatic heterocycles. The van der Waals surface area contributed by atoms with Crippen LogP contribution >= 0.6 is 0 Å². The maximum atomic E-state index is 6.24. The maximum Gasteiger partial charge on any atom is 0.135 e. The highest BCUT2D eigenvalue weighted by Gasteiger charge is 2.17. The minimum Gasteiger partial charge on any atom is -0.456 e. The third-order valence-corrected chi connectivity index (χ3v) is 12.9. The summed E-state index contributed by atoms with van der Waals surface area (Å²) in [4.78, 5) is 2.37. The van der Waals surface area contributed by atoms with E-state index in [1.54, 1.807) is 0 Å². The Hall–Kier alpha value is -8.72. The first-order valence-corrected chi connectivity index (χ1v) is 22.6. The third kappa shape index (κ3) is 7.31. The van der Waals surface area contributed by atoms with Crippen molar-refractivity contribution in [1.82, 2.24) is 0 Å². The monoisotopic (exact) mass is 841 g/mol. The van der Waals surface area contributed by atoms with E-state index in [0.29, 0.717) is 0 Å². The number of hydrogen-bond donors (Lipinski definition) is 0. The molecule has 0 aliphatic carbocycles. The lowest BCUT2D eigenvalue weighted by atomic mass is 9.89. The van der Waals surface area contributed by atoms with Crippen LogP contribution in [0.15, 0.2) is 265 Å². The molecule has 2 heteroatoms. The molecule has 66 heavy (non-hydrogen) atoms. The normalized spacial score (nSPS) is 11.3. The number of benzene rings is 11. The van der Waals surface area contributed by atoms with Gasteiger partial charge in [0.15, 0.2) is 0 Å². The highest BCUT2D eigenvalue weighted by molar-refractivity contribution is 5.98. The van der Waals surface area contributed by atoms with Gasteiger partial charge in [0, 0.05) is 28.0 Å². The van der Waals surface area contributed by atoms with Gasteiger partial charge in [0.2, 0.25) is 0 Å². The lowest BCUT2D eigenvalue weighted by Gasteiger charge is -2.26. The highest BCUT2D eigenvalue weighted by Crippen LogP contribution is 2.42. The standard InChI is InChI=1S/C64H43NO/c1-2-14-44(15-3-1)59-22-7-9-24-61(59)62-25-10-8-23-60(62)47-32-37-55(38-33-47)65(54-35-30-46(31-36-54)58-26-13-18-45-16-4-6-21-57(45)58)56-39-34-50-40-49(28-29-51(50)42-56)48-19-12-20-52(41-48)64-43-53-17-5-11-27-63(53)66-64/h1-43H. The van der Waals surface area contributed by atoms with Gasteiger partial charge in [0.1, 0.15) is 11.3 Å². The van der Waals surface area contributed by atoms with E-state index in [9.17, 15) is 0 Å². The molecule has 11 aromatic carbocycles. The minimum absolute atomic E-state index is 0.874. The zero-order valence-corrected chi connectivity index (χ0v) is 36.2. The molecule has 0 amide bonds. The summed E-state index contributed by atoms with van der Waals surface area (Å²) in [6.45, 7) is 0. The van der Waals surface area contributed by atoms with Crippen molar-refractivity contribution >= 4 is 49.6 Å². The highest BCUT2D eigenvalue weighted by atomic mass is 16.3. The first-order valence-electron chi connectivity index (χ1n) is 22.6. The molecular formula is C64H43NO. The first-order chi connectivity index (χ1) is 32.7. The van der Waals surface area contributed by atoms with Crippen molar-refractivity contribution in [2.24, 2.45) is 0 Å². The van der Waals surface area contributed by atoms with Crippen LogP contribution in [-0.4, -0.2) is 0 Å². The molecule has 12 aromatic rings. The summed E-state index contributed by atoms with van der Waals surface area (Å²) < 4.78 is 6.24. The van der Waals surface area contributed by atoms with Gasteiger partial charge in [-0.15, -0.1) is 0 Å². The van der Waals surface area contributed by atoms with Gasteiger partial charge in [0.05, 0.1) is 0 Å². The summed E-state index contributed by atoms with van der Waals surface area (Å²) in [6.07, 6.45) is 0. The van der Waals surface area contributed by atoms with Crippen molar-refractivity contribution in [3.05, 3.63) is 261 Å². The fourth-order valence-electron chi connectivity index (χ4n) is 9.59. The van der Waals surface area contributed by atoms with Crippen LogP contribution in [0.5, 0.6) is 0 Å². The van der Waals surface area contributed by atoms with E-state index in [4.69, 9.17) is 4.42 Å². The molecule has 0 atom stereocenters. The van der Waals surface area contributed by atoms with Crippen LogP contribution in [-0.2, 0) is 0 Å². The molecule has 0 aliphatic rings. The van der Waals surface area contributed by atoms with Crippen LogP contribution in [0.3, 0.4) is 0 Å². The summed E-state index contributed by atoms with van der Waals surface area (Å²) in [5.74, 6) is 0.874. The third-order valence-electron chi connectivity index (χ3n) is 12.9. The Morgan fingerprint density at radius 2 is 0.712 bits per heavy atom. The lowest BCUT2D eigenvalue weighted by Crippen LogP contribution is -2.09. The van der Waals surface area contributed by atoms with E-state index in [1.165, 1.54) is 66.1 Å². The van der Waals surface area contributed by atoms with Gasteiger partial charge in [-0.05, 0) is 138 Å². The average Bonchev–Trinajstić information content (AvgIpc) is 3.84. The predicted molar refractivity (Wildman–Crippen MR) is 279 cm³/mol. The molecule has 2 nitrogen and oxygen atoms in total. The molecule has 1 heterocycles. The van der Waals surface area contributed by atoms with E-state index in [-0.39, 0.29) is 0 Å². The Kier molecular flexibility index (Phi) is 9.89. The van der Waals surface area contributed by atoms with E-state index in [2.05, 4.69) is 248 Å². The molecular weight excluding hydrogens is 799 g/mol. The predicted octanol–water partition coefficient (Wildman–Crippen LogP) is 18.2. The van der Waals surface area contributed by atoms with Crippen LogP contribution in [0.25, 0.3) is 99.5 Å². The van der Waals surface area contributed by atoms with Crippen LogP contribution in [0, 0.1) is 0 Å². The Bertz CT molecular complexity index is 3660. The second-order valence-electron chi connectivity index (χ2n) is 16.9. The molecule has 12 rings (SSSR count). The molecule has 1 aromatic heterocycles. The molecule has 0 N–H and O–H groups in total. The largest absolute Gasteiger partial charge is 0.456 e. The molecule has 0 unspecified atom stereocenters. The Labute approximate surface area is 384 Å². The number of nitrogens with zero attached hydrogens (tertiary/aromatic N) is 1. The SMILES string of the molecule is c1ccc(-c2ccccc2-c2ccccc2-c2ccc(N(c3ccc(-c4cccc5ccccc45)cc3)c3ccc4cc(-c5cccc(-c6cc7ccccc7o6)c5)ccc4c3)cc2)cc1. The second-order valence-corrected chi connectivity index (χ2v) is 16.9. The summed E-state index contributed by atoms with van der Waals surface area (Å²) in [5, 5.41) is 5.95. The van der Waals surface area contributed by atoms with Crippen molar-refractivity contribution in [2.45, 2.75) is 0 Å². The van der Waals surface area contributed by atoms with E-state index < -0.39 is 0 Å². The van der Waals surface area contributed by atoms with Crippen molar-refractivity contribution in [3.63, 3.8) is 0 Å². The van der Waals surface area contributed by atoms with Gasteiger partial charge in [-0.2, -0.15) is 0 Å². The molecule has 0 saturated carbocycles. The van der Waals surface area contributed by atoms with E-state index in [0.717, 1.165) is 50.5 Å². The average molecular weight is 842 g/mol. The van der Waals surface area contributed by atoms with Gasteiger partial charge in [-0.25, -0.2) is 0 Å². The zero-order valence-electron chi connectivity index (χ0n) is 36.2. The fourth-order valence-corrected chi connectivity index (χ4v) is 9.59. The molecule has 0 saturated heterocycles. The molecule has 0 radical (unpaired) electrons. The summed E-state index contributed by atoms with van der Waals surface area (Å²) in [6, 6.07) is 93.9. The van der Waals surface area contributed by atoms with Gasteiger partial charge in [0.25, 0.3) is 0 Å².